The molecular weight excluding hydrogens is 336 g/mol. The molecule has 0 aliphatic carbocycles. The first-order valence-electron chi connectivity index (χ1n) is 6.82. The van der Waals surface area contributed by atoms with Crippen LogP contribution in [0, 0.1) is 0 Å². The van der Waals surface area contributed by atoms with Crippen molar-refractivity contribution in [2.24, 2.45) is 0 Å². The molecule has 0 radical (unpaired) electrons. The number of methoxy groups -OCH3 is 1. The average Bonchev–Trinajstić information content (AvgIpc) is 2.56. The SMILES string of the molecule is COC(=O)c1ccccc1SC(C)C(=O)Oc1ccc(Cl)cc1. The van der Waals surface area contributed by atoms with Gasteiger partial charge in [-0.15, -0.1) is 11.8 Å². The van der Waals surface area contributed by atoms with Crippen LogP contribution in [0.5, 0.6) is 5.75 Å². The van der Waals surface area contributed by atoms with Crippen LogP contribution >= 0.6 is 23.4 Å². The van der Waals surface area contributed by atoms with Crippen LogP contribution < -0.4 is 4.74 Å². The van der Waals surface area contributed by atoms with Crippen molar-refractivity contribution in [1.82, 2.24) is 0 Å². The molecule has 0 N–H and O–H groups in total. The number of esters is 2. The third kappa shape index (κ3) is 4.74. The van der Waals surface area contributed by atoms with E-state index in [0.29, 0.717) is 21.2 Å². The van der Waals surface area contributed by atoms with Crippen molar-refractivity contribution in [1.29, 1.82) is 0 Å². The van der Waals surface area contributed by atoms with Gasteiger partial charge in [0.2, 0.25) is 0 Å². The second kappa shape index (κ2) is 8.04. The maximum absolute atomic E-state index is 12.2. The minimum absolute atomic E-state index is 0.406. The molecule has 2 aromatic rings. The lowest BCUT2D eigenvalue weighted by molar-refractivity contribution is -0.133. The van der Waals surface area contributed by atoms with Crippen molar-refractivity contribution in [3.63, 3.8) is 0 Å². The number of hydrogen-bond acceptors (Lipinski definition) is 5. The van der Waals surface area contributed by atoms with Crippen LogP contribution in [0.1, 0.15) is 17.3 Å². The number of benzene rings is 2. The third-order valence-electron chi connectivity index (χ3n) is 2.96. The van der Waals surface area contributed by atoms with Crippen LogP contribution in [0.25, 0.3) is 0 Å². The Balaban J connectivity index is 2.06. The summed E-state index contributed by atoms with van der Waals surface area (Å²) < 4.78 is 10.0. The Bertz CT molecular complexity index is 700. The molecule has 0 saturated carbocycles. The molecule has 0 fully saturated rings. The Morgan fingerprint density at radius 1 is 1.09 bits per heavy atom. The number of carbonyl (C=O) groups excluding carboxylic acids is 2. The number of halogens is 1. The van der Waals surface area contributed by atoms with Crippen molar-refractivity contribution in [3.8, 4) is 5.75 Å². The van der Waals surface area contributed by atoms with Crippen LogP contribution in [-0.4, -0.2) is 24.3 Å². The van der Waals surface area contributed by atoms with Crippen LogP contribution in [-0.2, 0) is 9.53 Å². The van der Waals surface area contributed by atoms with Gasteiger partial charge in [0.15, 0.2) is 0 Å². The van der Waals surface area contributed by atoms with E-state index in [-0.39, 0.29) is 0 Å². The van der Waals surface area contributed by atoms with E-state index in [4.69, 9.17) is 21.1 Å². The van der Waals surface area contributed by atoms with E-state index < -0.39 is 17.2 Å². The van der Waals surface area contributed by atoms with Gasteiger partial charge in [-0.25, -0.2) is 4.79 Å². The number of carbonyl (C=O) groups is 2. The molecule has 23 heavy (non-hydrogen) atoms. The molecule has 0 heterocycles. The Labute approximate surface area is 143 Å². The van der Waals surface area contributed by atoms with Gasteiger partial charge in [0.25, 0.3) is 0 Å². The van der Waals surface area contributed by atoms with E-state index in [9.17, 15) is 9.59 Å². The topological polar surface area (TPSA) is 52.6 Å². The highest BCUT2D eigenvalue weighted by atomic mass is 35.5. The van der Waals surface area contributed by atoms with E-state index >= 15 is 0 Å². The molecule has 120 valence electrons. The molecule has 0 spiro atoms. The first kappa shape index (κ1) is 17.4. The first-order valence-corrected chi connectivity index (χ1v) is 8.08. The summed E-state index contributed by atoms with van der Waals surface area (Å²) in [5.74, 6) is -0.420. The van der Waals surface area contributed by atoms with Gasteiger partial charge in [0.1, 0.15) is 11.0 Å². The predicted octanol–water partition coefficient (Wildman–Crippen LogP) is 4.21. The molecular formula is C17H15ClO4S. The average molecular weight is 351 g/mol. The van der Waals surface area contributed by atoms with E-state index in [2.05, 4.69) is 0 Å². The van der Waals surface area contributed by atoms with Gasteiger partial charge >= 0.3 is 11.9 Å². The summed E-state index contributed by atoms with van der Waals surface area (Å²) in [6, 6.07) is 13.5. The molecule has 0 aliphatic heterocycles. The van der Waals surface area contributed by atoms with Crippen LogP contribution in [0.15, 0.2) is 53.4 Å². The largest absolute Gasteiger partial charge is 0.465 e. The molecule has 1 atom stereocenters. The van der Waals surface area contributed by atoms with E-state index in [1.54, 1.807) is 55.5 Å². The highest BCUT2D eigenvalue weighted by Gasteiger charge is 2.20. The molecule has 0 aromatic heterocycles. The summed E-state index contributed by atoms with van der Waals surface area (Å²) >= 11 is 7.03. The van der Waals surface area contributed by atoms with Gasteiger partial charge in [-0.3, -0.25) is 4.79 Å². The van der Waals surface area contributed by atoms with E-state index in [1.165, 1.54) is 18.9 Å². The fourth-order valence-corrected chi connectivity index (χ4v) is 2.88. The van der Waals surface area contributed by atoms with Gasteiger partial charge < -0.3 is 9.47 Å². The lowest BCUT2D eigenvalue weighted by atomic mass is 10.2. The second-order valence-corrected chi connectivity index (χ2v) is 6.44. The lowest BCUT2D eigenvalue weighted by Crippen LogP contribution is -2.20. The summed E-state index contributed by atoms with van der Waals surface area (Å²) in [4.78, 5) is 24.6. The lowest BCUT2D eigenvalue weighted by Gasteiger charge is -2.13. The van der Waals surface area contributed by atoms with Gasteiger partial charge in [-0.1, -0.05) is 23.7 Å². The zero-order valence-corrected chi connectivity index (χ0v) is 14.2. The molecule has 1 unspecified atom stereocenters. The highest BCUT2D eigenvalue weighted by Crippen LogP contribution is 2.28. The first-order chi connectivity index (χ1) is 11.0. The maximum atomic E-state index is 12.2. The van der Waals surface area contributed by atoms with Crippen molar-refractivity contribution in [2.45, 2.75) is 17.1 Å². The van der Waals surface area contributed by atoms with Crippen molar-refractivity contribution < 1.29 is 19.1 Å². The minimum atomic E-state index is -0.489. The van der Waals surface area contributed by atoms with Crippen LogP contribution in [0.4, 0.5) is 0 Å². The van der Waals surface area contributed by atoms with Gasteiger partial charge in [-0.2, -0.15) is 0 Å². The number of hydrogen-bond donors (Lipinski definition) is 0. The normalized spacial score (nSPS) is 11.6. The van der Waals surface area contributed by atoms with Gasteiger partial charge in [-0.05, 0) is 43.3 Å². The maximum Gasteiger partial charge on any atom is 0.338 e. The standard InChI is InChI=1S/C17H15ClO4S/c1-11(16(19)22-13-9-7-12(18)8-10-13)23-15-6-4-3-5-14(15)17(20)21-2/h3-11H,1-2H3. The van der Waals surface area contributed by atoms with Gasteiger partial charge in [0, 0.05) is 9.92 Å². The molecule has 2 rings (SSSR count). The number of ether oxygens (including phenoxy) is 2. The zero-order chi connectivity index (χ0) is 16.8. The molecule has 2 aromatic carbocycles. The molecule has 6 heteroatoms. The Kier molecular flexibility index (Phi) is 6.07. The van der Waals surface area contributed by atoms with Crippen LogP contribution in [0.2, 0.25) is 5.02 Å². The molecule has 0 saturated heterocycles. The Morgan fingerprint density at radius 2 is 1.74 bits per heavy atom. The number of rotatable bonds is 5. The summed E-state index contributed by atoms with van der Waals surface area (Å²) in [6.45, 7) is 1.72. The summed E-state index contributed by atoms with van der Waals surface area (Å²) in [7, 11) is 1.32. The summed E-state index contributed by atoms with van der Waals surface area (Å²) in [5.41, 5.74) is 0.422. The van der Waals surface area contributed by atoms with E-state index in [0.717, 1.165) is 0 Å². The zero-order valence-electron chi connectivity index (χ0n) is 12.6. The second-order valence-electron chi connectivity index (χ2n) is 4.62. The molecule has 0 aliphatic rings. The Morgan fingerprint density at radius 3 is 2.39 bits per heavy atom. The molecule has 0 amide bonds. The third-order valence-corrected chi connectivity index (χ3v) is 4.37. The number of thioether (sulfide) groups is 1. The molecule has 4 nitrogen and oxygen atoms in total. The van der Waals surface area contributed by atoms with Crippen molar-refractivity contribution in [3.05, 3.63) is 59.1 Å². The predicted molar refractivity (Wildman–Crippen MR) is 90.2 cm³/mol. The summed E-state index contributed by atoms with van der Waals surface area (Å²) in [5, 5.41) is 0.0794. The minimum Gasteiger partial charge on any atom is -0.465 e. The van der Waals surface area contributed by atoms with Crippen LogP contribution in [0.3, 0.4) is 0 Å². The van der Waals surface area contributed by atoms with E-state index in [1.807, 2.05) is 0 Å². The van der Waals surface area contributed by atoms with Crippen molar-refractivity contribution >= 4 is 35.3 Å². The Hall–Kier alpha value is -1.98. The fourth-order valence-electron chi connectivity index (χ4n) is 1.79. The molecule has 0 bridgehead atoms. The summed E-state index contributed by atoms with van der Waals surface area (Å²) in [6.07, 6.45) is 0. The quantitative estimate of drug-likeness (QED) is 0.459. The van der Waals surface area contributed by atoms with Crippen molar-refractivity contribution in [2.75, 3.05) is 7.11 Å². The van der Waals surface area contributed by atoms with Gasteiger partial charge in [0.05, 0.1) is 12.7 Å². The fraction of sp³-hybridized carbons (Fsp3) is 0.176. The smallest absolute Gasteiger partial charge is 0.338 e. The highest BCUT2D eigenvalue weighted by molar-refractivity contribution is 8.00. The monoisotopic (exact) mass is 350 g/mol.